The van der Waals surface area contributed by atoms with Gasteiger partial charge >= 0.3 is 0 Å². The summed E-state index contributed by atoms with van der Waals surface area (Å²) in [7, 11) is 0. The second-order valence-electron chi connectivity index (χ2n) is 6.11. The van der Waals surface area contributed by atoms with Crippen molar-refractivity contribution in [2.24, 2.45) is 5.92 Å². The normalized spacial score (nSPS) is 23.6. The van der Waals surface area contributed by atoms with E-state index in [1.54, 1.807) is 0 Å². The summed E-state index contributed by atoms with van der Waals surface area (Å²) in [6, 6.07) is 4.99. The van der Waals surface area contributed by atoms with Gasteiger partial charge in [0.15, 0.2) is 5.82 Å². The first-order chi connectivity index (χ1) is 9.88. The lowest BCUT2D eigenvalue weighted by Gasteiger charge is -2.30. The molecule has 0 bridgehead atoms. The Bertz CT molecular complexity index is 411. The van der Waals surface area contributed by atoms with E-state index in [1.807, 2.05) is 0 Å². The minimum absolute atomic E-state index is 0.714. The van der Waals surface area contributed by atoms with Gasteiger partial charge in [-0.2, -0.15) is 5.10 Å². The Hall–Kier alpha value is -1.16. The third-order valence-electron chi connectivity index (χ3n) is 4.80. The Morgan fingerprint density at radius 1 is 1.15 bits per heavy atom. The molecule has 1 N–H and O–H groups in total. The third-order valence-corrected chi connectivity index (χ3v) is 4.80. The van der Waals surface area contributed by atoms with E-state index in [0.29, 0.717) is 6.04 Å². The molecule has 2 aliphatic rings. The predicted molar refractivity (Wildman–Crippen MR) is 81.7 cm³/mol. The van der Waals surface area contributed by atoms with E-state index in [0.717, 1.165) is 37.1 Å². The van der Waals surface area contributed by atoms with Crippen LogP contribution < -0.4 is 10.2 Å². The summed E-state index contributed by atoms with van der Waals surface area (Å²) in [5.41, 5.74) is 1.03. The highest BCUT2D eigenvalue weighted by atomic mass is 15.3. The van der Waals surface area contributed by atoms with Crippen LogP contribution in [-0.4, -0.2) is 29.3 Å². The number of nitrogens with zero attached hydrogens (tertiary/aromatic N) is 3. The van der Waals surface area contributed by atoms with Crippen molar-refractivity contribution in [3.63, 3.8) is 0 Å². The summed E-state index contributed by atoms with van der Waals surface area (Å²) in [5, 5.41) is 12.1. The molecule has 1 atom stereocenters. The van der Waals surface area contributed by atoms with Crippen molar-refractivity contribution in [1.29, 1.82) is 0 Å². The standard InChI is InChI=1S/C16H26N4/c1-2-17-12-14-9-10-16(19-18-14)20-11-5-8-15(20)13-6-3-4-7-13/h9-10,13,15,17H,2-8,11-12H2,1H3. The number of hydrogen-bond acceptors (Lipinski definition) is 4. The Kier molecular flexibility index (Phi) is 4.51. The average molecular weight is 274 g/mol. The lowest BCUT2D eigenvalue weighted by molar-refractivity contribution is 0.428. The first-order valence-electron chi connectivity index (χ1n) is 8.18. The van der Waals surface area contributed by atoms with Gasteiger partial charge in [0, 0.05) is 19.1 Å². The minimum atomic E-state index is 0.714. The molecule has 20 heavy (non-hydrogen) atoms. The molecule has 1 saturated heterocycles. The lowest BCUT2D eigenvalue weighted by Crippen LogP contribution is -2.35. The van der Waals surface area contributed by atoms with Crippen molar-refractivity contribution in [2.75, 3.05) is 18.0 Å². The van der Waals surface area contributed by atoms with Crippen LogP contribution in [0.3, 0.4) is 0 Å². The summed E-state index contributed by atoms with van der Waals surface area (Å²) in [6.45, 7) is 5.05. The molecule has 0 radical (unpaired) electrons. The Morgan fingerprint density at radius 2 is 2.00 bits per heavy atom. The molecule has 1 unspecified atom stereocenters. The van der Waals surface area contributed by atoms with Gasteiger partial charge < -0.3 is 10.2 Å². The molecule has 1 aliphatic heterocycles. The highest BCUT2D eigenvalue weighted by Gasteiger charge is 2.34. The van der Waals surface area contributed by atoms with Gasteiger partial charge in [0.05, 0.1) is 5.69 Å². The molecule has 2 fully saturated rings. The second-order valence-corrected chi connectivity index (χ2v) is 6.11. The molecule has 2 heterocycles. The van der Waals surface area contributed by atoms with Crippen molar-refractivity contribution in [3.8, 4) is 0 Å². The van der Waals surface area contributed by atoms with Crippen LogP contribution in [0.2, 0.25) is 0 Å². The topological polar surface area (TPSA) is 41.0 Å². The fourth-order valence-corrected chi connectivity index (χ4v) is 3.76. The van der Waals surface area contributed by atoms with Crippen molar-refractivity contribution in [2.45, 2.75) is 58.0 Å². The van der Waals surface area contributed by atoms with Crippen molar-refractivity contribution < 1.29 is 0 Å². The lowest BCUT2D eigenvalue weighted by atomic mass is 9.96. The number of rotatable bonds is 5. The summed E-state index contributed by atoms with van der Waals surface area (Å²) < 4.78 is 0. The Morgan fingerprint density at radius 3 is 2.70 bits per heavy atom. The van der Waals surface area contributed by atoms with Gasteiger partial charge in [-0.3, -0.25) is 0 Å². The maximum absolute atomic E-state index is 4.47. The zero-order chi connectivity index (χ0) is 13.8. The van der Waals surface area contributed by atoms with Crippen LogP contribution in [0.1, 0.15) is 51.1 Å². The minimum Gasteiger partial charge on any atom is -0.352 e. The van der Waals surface area contributed by atoms with E-state index in [-0.39, 0.29) is 0 Å². The largest absolute Gasteiger partial charge is 0.352 e. The molecule has 0 spiro atoms. The zero-order valence-electron chi connectivity index (χ0n) is 12.5. The van der Waals surface area contributed by atoms with Crippen LogP contribution in [0.15, 0.2) is 12.1 Å². The first-order valence-corrected chi connectivity index (χ1v) is 8.18. The molecule has 1 aliphatic carbocycles. The van der Waals surface area contributed by atoms with E-state index in [9.17, 15) is 0 Å². The fraction of sp³-hybridized carbons (Fsp3) is 0.750. The van der Waals surface area contributed by atoms with Crippen LogP contribution in [0.4, 0.5) is 5.82 Å². The maximum Gasteiger partial charge on any atom is 0.151 e. The van der Waals surface area contributed by atoms with Crippen molar-refractivity contribution >= 4 is 5.82 Å². The van der Waals surface area contributed by atoms with E-state index in [4.69, 9.17) is 0 Å². The van der Waals surface area contributed by atoms with Gasteiger partial charge in [0.25, 0.3) is 0 Å². The summed E-state index contributed by atoms with van der Waals surface area (Å²) in [5.74, 6) is 1.97. The van der Waals surface area contributed by atoms with Crippen LogP contribution in [0.5, 0.6) is 0 Å². The van der Waals surface area contributed by atoms with Gasteiger partial charge in [0.2, 0.25) is 0 Å². The van der Waals surface area contributed by atoms with Gasteiger partial charge in [-0.15, -0.1) is 5.10 Å². The van der Waals surface area contributed by atoms with E-state index in [1.165, 1.54) is 38.5 Å². The molecule has 4 heteroatoms. The summed E-state index contributed by atoms with van der Waals surface area (Å²) in [4.78, 5) is 2.51. The van der Waals surface area contributed by atoms with Crippen LogP contribution in [-0.2, 0) is 6.54 Å². The average Bonchev–Trinajstić information content (AvgIpc) is 3.15. The molecular formula is C16H26N4. The van der Waals surface area contributed by atoms with E-state index in [2.05, 4.69) is 39.5 Å². The van der Waals surface area contributed by atoms with Crippen LogP contribution in [0, 0.1) is 5.92 Å². The fourth-order valence-electron chi connectivity index (χ4n) is 3.76. The summed E-state index contributed by atoms with van der Waals surface area (Å²) in [6.07, 6.45) is 8.30. The molecular weight excluding hydrogens is 248 g/mol. The number of anilines is 1. The number of aromatic nitrogens is 2. The smallest absolute Gasteiger partial charge is 0.151 e. The predicted octanol–water partition coefficient (Wildman–Crippen LogP) is 2.75. The SMILES string of the molecule is CCNCc1ccc(N2CCCC2C2CCCC2)nn1. The van der Waals surface area contributed by atoms with Gasteiger partial charge in [-0.1, -0.05) is 19.8 Å². The van der Waals surface area contributed by atoms with Gasteiger partial charge in [-0.25, -0.2) is 0 Å². The molecule has 1 saturated carbocycles. The Balaban J connectivity index is 1.67. The summed E-state index contributed by atoms with van der Waals surface area (Å²) >= 11 is 0. The highest BCUT2D eigenvalue weighted by molar-refractivity contribution is 5.40. The number of nitrogens with one attached hydrogen (secondary N) is 1. The van der Waals surface area contributed by atoms with E-state index >= 15 is 0 Å². The molecule has 110 valence electrons. The molecule has 4 nitrogen and oxygen atoms in total. The monoisotopic (exact) mass is 274 g/mol. The molecule has 0 amide bonds. The zero-order valence-corrected chi connectivity index (χ0v) is 12.5. The molecule has 1 aromatic heterocycles. The van der Waals surface area contributed by atoms with Gasteiger partial charge in [-0.05, 0) is 50.3 Å². The molecule has 0 aromatic carbocycles. The quantitative estimate of drug-likeness (QED) is 0.896. The van der Waals surface area contributed by atoms with Crippen LogP contribution >= 0.6 is 0 Å². The first kappa shape index (κ1) is 13.8. The van der Waals surface area contributed by atoms with Crippen molar-refractivity contribution in [3.05, 3.63) is 17.8 Å². The maximum atomic E-state index is 4.47. The second kappa shape index (κ2) is 6.53. The third kappa shape index (κ3) is 2.95. The van der Waals surface area contributed by atoms with Crippen LogP contribution in [0.25, 0.3) is 0 Å². The highest BCUT2D eigenvalue weighted by Crippen LogP contribution is 2.36. The molecule has 3 rings (SSSR count). The van der Waals surface area contributed by atoms with E-state index < -0.39 is 0 Å². The number of hydrogen-bond donors (Lipinski definition) is 1. The molecule has 1 aromatic rings. The van der Waals surface area contributed by atoms with Gasteiger partial charge in [0.1, 0.15) is 0 Å². The Labute approximate surface area is 122 Å². The van der Waals surface area contributed by atoms with Crippen molar-refractivity contribution in [1.82, 2.24) is 15.5 Å².